The van der Waals surface area contributed by atoms with E-state index < -0.39 is 0 Å². The zero-order valence-electron chi connectivity index (χ0n) is 21.1. The average molecular weight is 491 g/mol. The lowest BCUT2D eigenvalue weighted by atomic mass is 9.94. The van der Waals surface area contributed by atoms with Crippen molar-refractivity contribution in [1.29, 1.82) is 0 Å². The van der Waals surface area contributed by atoms with Crippen LogP contribution in [0.25, 0.3) is 44.6 Å². The molecule has 0 aliphatic carbocycles. The van der Waals surface area contributed by atoms with Gasteiger partial charge in [0.2, 0.25) is 5.82 Å². The van der Waals surface area contributed by atoms with Crippen molar-refractivity contribution in [3.63, 3.8) is 0 Å². The number of pyridine rings is 2. The first kappa shape index (κ1) is 22.8. The molecule has 0 atom stereocenters. The van der Waals surface area contributed by atoms with Gasteiger partial charge in [-0.2, -0.15) is 5.21 Å². The fourth-order valence-electron chi connectivity index (χ4n) is 5.12. The molecule has 0 aliphatic heterocycles. The third kappa shape index (κ3) is 3.70. The van der Waals surface area contributed by atoms with Crippen LogP contribution < -0.4 is 5.56 Å². The molecule has 37 heavy (non-hydrogen) atoms. The summed E-state index contributed by atoms with van der Waals surface area (Å²) in [7, 11) is 1.76. The van der Waals surface area contributed by atoms with Crippen molar-refractivity contribution in [2.45, 2.75) is 33.7 Å². The molecule has 184 valence electrons. The highest BCUT2D eigenvalue weighted by molar-refractivity contribution is 6.01. The van der Waals surface area contributed by atoms with Gasteiger partial charge in [0.05, 0.1) is 17.6 Å². The first-order valence-corrected chi connectivity index (χ1v) is 12.2. The summed E-state index contributed by atoms with van der Waals surface area (Å²) in [5, 5.41) is 15.4. The number of aromatic amines is 1. The van der Waals surface area contributed by atoms with Crippen LogP contribution in [0.5, 0.6) is 0 Å². The van der Waals surface area contributed by atoms with E-state index in [2.05, 4.69) is 69.4 Å². The topological polar surface area (TPSA) is 107 Å². The summed E-state index contributed by atoms with van der Waals surface area (Å²) in [6.45, 7) is 6.87. The van der Waals surface area contributed by atoms with E-state index in [0.717, 1.165) is 62.3 Å². The second-order valence-corrected chi connectivity index (χ2v) is 9.28. The first-order chi connectivity index (χ1) is 18.0. The number of hydrogen-bond donors (Lipinski definition) is 1. The molecule has 9 heteroatoms. The van der Waals surface area contributed by atoms with Gasteiger partial charge in [-0.15, -0.1) is 10.2 Å². The predicted molar refractivity (Wildman–Crippen MR) is 143 cm³/mol. The van der Waals surface area contributed by atoms with Gasteiger partial charge in [0, 0.05) is 30.1 Å². The van der Waals surface area contributed by atoms with Crippen LogP contribution >= 0.6 is 0 Å². The van der Waals surface area contributed by atoms with Crippen LogP contribution in [0.1, 0.15) is 29.6 Å². The summed E-state index contributed by atoms with van der Waals surface area (Å²) in [5.41, 5.74) is 7.90. The lowest BCUT2D eigenvalue weighted by Crippen LogP contribution is -2.21. The fraction of sp³-hybridized carbons (Fsp3) is 0.214. The zero-order chi connectivity index (χ0) is 25.7. The Morgan fingerprint density at radius 2 is 1.76 bits per heavy atom. The number of tetrazole rings is 1. The molecule has 0 saturated carbocycles. The highest BCUT2D eigenvalue weighted by Crippen LogP contribution is 2.34. The number of para-hydroxylation sites is 1. The third-order valence-corrected chi connectivity index (χ3v) is 6.87. The minimum atomic E-state index is -0.173. The lowest BCUT2D eigenvalue weighted by molar-refractivity contribution is 0.745. The van der Waals surface area contributed by atoms with Gasteiger partial charge in [0.15, 0.2) is 5.65 Å². The number of nitrogens with one attached hydrogen (secondary N) is 1. The Hall–Kier alpha value is -4.66. The molecule has 9 nitrogen and oxygen atoms in total. The SMILES string of the molecule is CCc1nc2c(C)cc(C)nc2n1Cc1ccc(-c2c(-c3nn[nH]n3)c(=O)n(C)c3ccccc23)cc1. The maximum absolute atomic E-state index is 13.4. The van der Waals surface area contributed by atoms with E-state index in [0.29, 0.717) is 12.1 Å². The highest BCUT2D eigenvalue weighted by atomic mass is 16.1. The smallest absolute Gasteiger partial charge is 0.262 e. The molecule has 0 fully saturated rings. The van der Waals surface area contributed by atoms with E-state index in [9.17, 15) is 4.79 Å². The normalized spacial score (nSPS) is 11.6. The van der Waals surface area contributed by atoms with Crippen molar-refractivity contribution < 1.29 is 0 Å². The van der Waals surface area contributed by atoms with Crippen LogP contribution in [0.15, 0.2) is 59.4 Å². The average Bonchev–Trinajstić information content (AvgIpc) is 3.55. The Labute approximate surface area is 212 Å². The molecule has 6 rings (SSSR count). The molecule has 0 amide bonds. The van der Waals surface area contributed by atoms with Crippen molar-refractivity contribution in [3.05, 3.63) is 87.6 Å². The Morgan fingerprint density at radius 1 is 0.973 bits per heavy atom. The van der Waals surface area contributed by atoms with Crippen LogP contribution in [-0.4, -0.2) is 39.7 Å². The maximum atomic E-state index is 13.4. The van der Waals surface area contributed by atoms with Crippen LogP contribution in [0.2, 0.25) is 0 Å². The number of nitrogens with zero attached hydrogens (tertiary/aromatic N) is 7. The number of benzene rings is 2. The Morgan fingerprint density at radius 3 is 2.49 bits per heavy atom. The Kier molecular flexibility index (Phi) is 5.40. The number of aromatic nitrogens is 8. The van der Waals surface area contributed by atoms with Gasteiger partial charge in [0.1, 0.15) is 11.3 Å². The van der Waals surface area contributed by atoms with Gasteiger partial charge in [-0.3, -0.25) is 4.79 Å². The number of fused-ring (bicyclic) bond motifs is 2. The molecule has 0 unspecified atom stereocenters. The van der Waals surface area contributed by atoms with E-state index in [1.54, 1.807) is 11.6 Å². The second-order valence-electron chi connectivity index (χ2n) is 9.28. The van der Waals surface area contributed by atoms with Crippen LogP contribution in [0, 0.1) is 13.8 Å². The van der Waals surface area contributed by atoms with Crippen molar-refractivity contribution in [1.82, 2.24) is 39.7 Å². The molecular weight excluding hydrogens is 464 g/mol. The molecule has 0 aliphatic rings. The van der Waals surface area contributed by atoms with Crippen molar-refractivity contribution >= 4 is 22.1 Å². The molecule has 0 saturated heterocycles. The van der Waals surface area contributed by atoms with Crippen LogP contribution in [0.4, 0.5) is 0 Å². The standard InChI is InChI=1S/C28H26N8O/c1-5-22-30-25-16(2)14-17(3)29-27(25)36(22)15-18-10-12-19(13-11-18)23-20-8-6-7-9-21(20)35(4)28(37)24(23)26-31-33-34-32-26/h6-14H,5,15H2,1-4H3,(H,31,32,33,34). The number of rotatable bonds is 5. The van der Waals surface area contributed by atoms with Gasteiger partial charge in [-0.1, -0.05) is 49.4 Å². The molecule has 0 bridgehead atoms. The summed E-state index contributed by atoms with van der Waals surface area (Å²) in [6, 6.07) is 18.2. The van der Waals surface area contributed by atoms with Gasteiger partial charge in [0.25, 0.3) is 5.56 Å². The molecule has 2 aromatic carbocycles. The Bertz CT molecular complexity index is 1830. The maximum Gasteiger partial charge on any atom is 0.262 e. The van der Waals surface area contributed by atoms with E-state index in [-0.39, 0.29) is 11.4 Å². The first-order valence-electron chi connectivity index (χ1n) is 12.2. The molecule has 1 N–H and O–H groups in total. The monoisotopic (exact) mass is 490 g/mol. The quantitative estimate of drug-likeness (QED) is 0.385. The van der Waals surface area contributed by atoms with E-state index in [1.165, 1.54) is 0 Å². The Balaban J connectivity index is 1.49. The van der Waals surface area contributed by atoms with E-state index in [4.69, 9.17) is 9.97 Å². The van der Waals surface area contributed by atoms with Gasteiger partial charge in [-0.05, 0) is 47.9 Å². The summed E-state index contributed by atoms with van der Waals surface area (Å²) in [5.74, 6) is 1.29. The molecular formula is C28H26N8O. The lowest BCUT2D eigenvalue weighted by Gasteiger charge is -2.15. The van der Waals surface area contributed by atoms with E-state index in [1.807, 2.05) is 31.2 Å². The van der Waals surface area contributed by atoms with Gasteiger partial charge >= 0.3 is 0 Å². The molecule has 6 aromatic rings. The summed E-state index contributed by atoms with van der Waals surface area (Å²) < 4.78 is 3.83. The minimum absolute atomic E-state index is 0.173. The minimum Gasteiger partial charge on any atom is -0.311 e. The van der Waals surface area contributed by atoms with Crippen LogP contribution in [-0.2, 0) is 20.0 Å². The zero-order valence-corrected chi connectivity index (χ0v) is 21.1. The summed E-state index contributed by atoms with van der Waals surface area (Å²) in [6.07, 6.45) is 0.820. The second kappa shape index (κ2) is 8.77. The molecule has 4 heterocycles. The summed E-state index contributed by atoms with van der Waals surface area (Å²) >= 11 is 0. The number of H-pyrrole nitrogens is 1. The number of aryl methyl sites for hydroxylation is 4. The summed E-state index contributed by atoms with van der Waals surface area (Å²) in [4.78, 5) is 23.1. The number of hydrogen-bond acceptors (Lipinski definition) is 6. The van der Waals surface area contributed by atoms with Gasteiger partial charge < -0.3 is 9.13 Å². The number of imidazole rings is 1. The third-order valence-electron chi connectivity index (χ3n) is 6.87. The van der Waals surface area contributed by atoms with Crippen molar-refractivity contribution in [2.24, 2.45) is 7.05 Å². The highest BCUT2D eigenvalue weighted by Gasteiger charge is 2.21. The molecule has 0 radical (unpaired) electrons. The molecule has 4 aromatic heterocycles. The molecule has 0 spiro atoms. The van der Waals surface area contributed by atoms with E-state index >= 15 is 0 Å². The van der Waals surface area contributed by atoms with Crippen LogP contribution in [0.3, 0.4) is 0 Å². The predicted octanol–water partition coefficient (Wildman–Crippen LogP) is 4.36. The van der Waals surface area contributed by atoms with Gasteiger partial charge in [-0.25, -0.2) is 9.97 Å². The fourth-order valence-corrected chi connectivity index (χ4v) is 5.12. The van der Waals surface area contributed by atoms with Crippen molar-refractivity contribution in [2.75, 3.05) is 0 Å². The largest absolute Gasteiger partial charge is 0.311 e. The van der Waals surface area contributed by atoms with Crippen molar-refractivity contribution in [3.8, 4) is 22.5 Å².